The molecule has 1 aromatic carbocycles. The first kappa shape index (κ1) is 12.4. The van der Waals surface area contributed by atoms with Gasteiger partial charge in [0.1, 0.15) is 0 Å². The van der Waals surface area contributed by atoms with E-state index in [1.807, 2.05) is 12.1 Å². The average Bonchev–Trinajstić information content (AvgIpc) is 2.22. The Morgan fingerprint density at radius 3 is 2.60 bits per heavy atom. The summed E-state index contributed by atoms with van der Waals surface area (Å²) in [4.78, 5) is 0. The molecular weight excluding hydrogens is 206 g/mol. The topological polar surface area (TPSA) is 12.0 Å². The van der Waals surface area contributed by atoms with Gasteiger partial charge in [-0.05, 0) is 37.5 Å². The van der Waals surface area contributed by atoms with Gasteiger partial charge in [-0.25, -0.2) is 0 Å². The first-order valence-corrected chi connectivity index (χ1v) is 5.95. The molecule has 0 fully saturated rings. The molecule has 2 heteroatoms. The summed E-state index contributed by atoms with van der Waals surface area (Å²) in [5, 5.41) is 4.27. The van der Waals surface area contributed by atoms with Crippen molar-refractivity contribution in [2.24, 2.45) is 5.92 Å². The SMILES string of the molecule is CCC(C)C(C)Nc1cc(C)ccc1Cl. The Labute approximate surface area is 97.8 Å². The fourth-order valence-electron chi connectivity index (χ4n) is 1.49. The monoisotopic (exact) mass is 225 g/mol. The summed E-state index contributed by atoms with van der Waals surface area (Å²) in [6, 6.07) is 6.53. The third-order valence-corrected chi connectivity index (χ3v) is 3.33. The molecule has 2 atom stereocenters. The van der Waals surface area contributed by atoms with E-state index in [0.29, 0.717) is 12.0 Å². The van der Waals surface area contributed by atoms with Crippen molar-refractivity contribution in [1.29, 1.82) is 0 Å². The molecule has 84 valence electrons. The third kappa shape index (κ3) is 3.42. The molecule has 0 amide bonds. The smallest absolute Gasteiger partial charge is 0.0637 e. The van der Waals surface area contributed by atoms with Crippen LogP contribution in [0.3, 0.4) is 0 Å². The van der Waals surface area contributed by atoms with Gasteiger partial charge >= 0.3 is 0 Å². The van der Waals surface area contributed by atoms with E-state index in [1.165, 1.54) is 12.0 Å². The van der Waals surface area contributed by atoms with Gasteiger partial charge < -0.3 is 5.32 Å². The molecular formula is C13H20ClN. The van der Waals surface area contributed by atoms with E-state index >= 15 is 0 Å². The van der Waals surface area contributed by atoms with E-state index in [1.54, 1.807) is 0 Å². The number of hydrogen-bond donors (Lipinski definition) is 1. The van der Waals surface area contributed by atoms with Crippen LogP contribution in [0.1, 0.15) is 32.8 Å². The Morgan fingerprint density at radius 1 is 1.33 bits per heavy atom. The summed E-state index contributed by atoms with van der Waals surface area (Å²) in [6.45, 7) is 8.74. The molecule has 0 saturated heterocycles. The van der Waals surface area contributed by atoms with E-state index < -0.39 is 0 Å². The zero-order valence-corrected chi connectivity index (χ0v) is 10.7. The highest BCUT2D eigenvalue weighted by Gasteiger charge is 2.11. The van der Waals surface area contributed by atoms with Gasteiger partial charge in [0, 0.05) is 6.04 Å². The number of hydrogen-bond acceptors (Lipinski definition) is 1. The van der Waals surface area contributed by atoms with Gasteiger partial charge in [-0.3, -0.25) is 0 Å². The second kappa shape index (κ2) is 5.41. The fourth-order valence-corrected chi connectivity index (χ4v) is 1.66. The van der Waals surface area contributed by atoms with E-state index in [9.17, 15) is 0 Å². The average molecular weight is 226 g/mol. The second-order valence-corrected chi connectivity index (χ2v) is 4.71. The van der Waals surface area contributed by atoms with Crippen LogP contribution >= 0.6 is 11.6 Å². The third-order valence-electron chi connectivity index (χ3n) is 3.00. The summed E-state index contributed by atoms with van der Waals surface area (Å²) in [5.74, 6) is 0.654. The van der Waals surface area contributed by atoms with E-state index in [-0.39, 0.29) is 0 Å². The maximum absolute atomic E-state index is 6.13. The maximum Gasteiger partial charge on any atom is 0.0637 e. The molecule has 0 radical (unpaired) electrons. The zero-order valence-electron chi connectivity index (χ0n) is 9.97. The van der Waals surface area contributed by atoms with Gasteiger partial charge in [-0.2, -0.15) is 0 Å². The molecule has 1 N–H and O–H groups in total. The van der Waals surface area contributed by atoms with Crippen molar-refractivity contribution < 1.29 is 0 Å². The first-order valence-electron chi connectivity index (χ1n) is 5.57. The van der Waals surface area contributed by atoms with E-state index in [2.05, 4.69) is 39.1 Å². The van der Waals surface area contributed by atoms with Gasteiger partial charge in [0.2, 0.25) is 0 Å². The minimum atomic E-state index is 0.453. The summed E-state index contributed by atoms with van der Waals surface area (Å²) in [6.07, 6.45) is 1.18. The lowest BCUT2D eigenvalue weighted by Gasteiger charge is -2.22. The summed E-state index contributed by atoms with van der Waals surface area (Å²) in [5.41, 5.74) is 2.28. The molecule has 15 heavy (non-hydrogen) atoms. The minimum Gasteiger partial charge on any atom is -0.381 e. The summed E-state index contributed by atoms with van der Waals surface area (Å²) in [7, 11) is 0. The molecule has 0 saturated carbocycles. The number of aryl methyl sites for hydroxylation is 1. The first-order chi connectivity index (χ1) is 7.04. The minimum absolute atomic E-state index is 0.453. The predicted molar refractivity (Wildman–Crippen MR) is 68.7 cm³/mol. The van der Waals surface area contributed by atoms with Crippen molar-refractivity contribution in [1.82, 2.24) is 0 Å². The van der Waals surface area contributed by atoms with Crippen molar-refractivity contribution in [3.05, 3.63) is 28.8 Å². The quantitative estimate of drug-likeness (QED) is 0.796. The van der Waals surface area contributed by atoms with Crippen LogP contribution in [0.5, 0.6) is 0 Å². The Balaban J connectivity index is 2.75. The van der Waals surface area contributed by atoms with Crippen molar-refractivity contribution in [3.63, 3.8) is 0 Å². The molecule has 0 aliphatic heterocycles. The van der Waals surface area contributed by atoms with Gasteiger partial charge in [0.05, 0.1) is 10.7 Å². The molecule has 0 bridgehead atoms. The van der Waals surface area contributed by atoms with Crippen LogP contribution in [0.2, 0.25) is 5.02 Å². The lowest BCUT2D eigenvalue weighted by Crippen LogP contribution is -2.23. The highest BCUT2D eigenvalue weighted by atomic mass is 35.5. The number of anilines is 1. The van der Waals surface area contributed by atoms with Crippen LogP contribution < -0.4 is 5.32 Å². The lowest BCUT2D eigenvalue weighted by atomic mass is 10.0. The Morgan fingerprint density at radius 2 is 2.00 bits per heavy atom. The summed E-state index contributed by atoms with van der Waals surface area (Å²) >= 11 is 6.13. The molecule has 0 aliphatic rings. The van der Waals surface area contributed by atoms with Gasteiger partial charge in [-0.1, -0.05) is 37.9 Å². The van der Waals surface area contributed by atoms with Gasteiger partial charge in [0.25, 0.3) is 0 Å². The molecule has 2 unspecified atom stereocenters. The lowest BCUT2D eigenvalue weighted by molar-refractivity contribution is 0.494. The maximum atomic E-state index is 6.13. The van der Waals surface area contributed by atoms with Crippen LogP contribution in [0, 0.1) is 12.8 Å². The van der Waals surface area contributed by atoms with Crippen LogP contribution in [0.15, 0.2) is 18.2 Å². The number of nitrogens with one attached hydrogen (secondary N) is 1. The largest absolute Gasteiger partial charge is 0.381 e. The van der Waals surface area contributed by atoms with Crippen molar-refractivity contribution in [3.8, 4) is 0 Å². The van der Waals surface area contributed by atoms with Crippen molar-refractivity contribution in [2.45, 2.75) is 40.2 Å². The molecule has 0 spiro atoms. The summed E-state index contributed by atoms with van der Waals surface area (Å²) < 4.78 is 0. The van der Waals surface area contributed by atoms with Crippen molar-refractivity contribution >= 4 is 17.3 Å². The highest BCUT2D eigenvalue weighted by Crippen LogP contribution is 2.25. The molecule has 0 aromatic heterocycles. The van der Waals surface area contributed by atoms with Gasteiger partial charge in [-0.15, -0.1) is 0 Å². The van der Waals surface area contributed by atoms with Gasteiger partial charge in [0.15, 0.2) is 0 Å². The Bertz CT molecular complexity index is 322. The van der Waals surface area contributed by atoms with Crippen LogP contribution in [0.25, 0.3) is 0 Å². The van der Waals surface area contributed by atoms with Crippen LogP contribution in [-0.2, 0) is 0 Å². The highest BCUT2D eigenvalue weighted by molar-refractivity contribution is 6.33. The molecule has 1 rings (SSSR count). The van der Waals surface area contributed by atoms with Crippen LogP contribution in [-0.4, -0.2) is 6.04 Å². The second-order valence-electron chi connectivity index (χ2n) is 4.30. The number of rotatable bonds is 4. The zero-order chi connectivity index (χ0) is 11.4. The molecule has 0 heterocycles. The molecule has 1 nitrogen and oxygen atoms in total. The normalized spacial score (nSPS) is 14.7. The fraction of sp³-hybridized carbons (Fsp3) is 0.538. The number of benzene rings is 1. The van der Waals surface area contributed by atoms with Crippen LogP contribution in [0.4, 0.5) is 5.69 Å². The predicted octanol–water partition coefficient (Wildman–Crippen LogP) is 4.49. The molecule has 0 aliphatic carbocycles. The Hall–Kier alpha value is -0.690. The number of halogens is 1. The standard InChI is InChI=1S/C13H20ClN/c1-5-10(3)11(4)15-13-8-9(2)6-7-12(13)14/h6-8,10-11,15H,5H2,1-4H3. The van der Waals surface area contributed by atoms with E-state index in [0.717, 1.165) is 10.7 Å². The Kier molecular flexibility index (Phi) is 4.46. The molecule has 1 aromatic rings. The van der Waals surface area contributed by atoms with Crippen molar-refractivity contribution in [2.75, 3.05) is 5.32 Å². The van der Waals surface area contributed by atoms with E-state index in [4.69, 9.17) is 11.6 Å².